The SMILES string of the molecule is NC(=O)c1cccc(-c2ccc(OCCCCc3ccccc3)cc2)c1.O=C(O)C(F)(F)F. The lowest BCUT2D eigenvalue weighted by Gasteiger charge is -2.08. The number of unbranched alkanes of at least 4 members (excludes halogenated alkanes) is 1. The van der Waals surface area contributed by atoms with Gasteiger partial charge in [0.1, 0.15) is 5.75 Å². The van der Waals surface area contributed by atoms with E-state index in [1.807, 2.05) is 48.5 Å². The van der Waals surface area contributed by atoms with Crippen molar-refractivity contribution in [1.29, 1.82) is 0 Å². The smallest absolute Gasteiger partial charge is 0.490 e. The van der Waals surface area contributed by atoms with Crippen molar-refractivity contribution in [2.24, 2.45) is 5.73 Å². The topological polar surface area (TPSA) is 89.6 Å². The Morgan fingerprint density at radius 2 is 1.48 bits per heavy atom. The second kappa shape index (κ2) is 12.3. The molecule has 3 rings (SSSR count). The maximum Gasteiger partial charge on any atom is 0.490 e. The lowest BCUT2D eigenvalue weighted by Crippen LogP contribution is -2.21. The summed E-state index contributed by atoms with van der Waals surface area (Å²) in [7, 11) is 0. The minimum Gasteiger partial charge on any atom is -0.494 e. The average Bonchev–Trinajstić information content (AvgIpc) is 2.80. The Balaban J connectivity index is 0.000000479. The number of carbonyl (C=O) groups is 2. The molecule has 0 aliphatic rings. The molecule has 5 nitrogen and oxygen atoms in total. The number of carbonyl (C=O) groups excluding carboxylic acids is 1. The van der Waals surface area contributed by atoms with E-state index in [9.17, 15) is 18.0 Å². The number of nitrogens with two attached hydrogens (primary N) is 1. The molecule has 3 N–H and O–H groups in total. The number of alkyl halides is 3. The fraction of sp³-hybridized carbons (Fsp3) is 0.200. The summed E-state index contributed by atoms with van der Waals surface area (Å²) in [6.45, 7) is 0.712. The highest BCUT2D eigenvalue weighted by Gasteiger charge is 2.38. The number of primary amides is 1. The molecule has 33 heavy (non-hydrogen) atoms. The highest BCUT2D eigenvalue weighted by molar-refractivity contribution is 5.94. The molecule has 3 aromatic carbocycles. The van der Waals surface area contributed by atoms with E-state index in [1.54, 1.807) is 6.07 Å². The Bertz CT molecular complexity index is 1040. The molecular formula is C25H24F3NO4. The second-order valence-electron chi connectivity index (χ2n) is 7.06. The molecule has 0 radical (unpaired) electrons. The molecule has 8 heteroatoms. The van der Waals surface area contributed by atoms with E-state index in [0.29, 0.717) is 12.2 Å². The normalized spacial score (nSPS) is 10.6. The molecule has 1 amide bonds. The summed E-state index contributed by atoms with van der Waals surface area (Å²) >= 11 is 0. The van der Waals surface area contributed by atoms with Crippen LogP contribution in [0.2, 0.25) is 0 Å². The number of aliphatic carboxylic acids is 1. The predicted molar refractivity (Wildman–Crippen MR) is 119 cm³/mol. The molecule has 0 atom stereocenters. The summed E-state index contributed by atoms with van der Waals surface area (Å²) in [5, 5.41) is 7.12. The number of rotatable bonds is 8. The highest BCUT2D eigenvalue weighted by Crippen LogP contribution is 2.23. The largest absolute Gasteiger partial charge is 0.494 e. The number of benzene rings is 3. The zero-order valence-electron chi connectivity index (χ0n) is 17.7. The molecule has 0 bridgehead atoms. The summed E-state index contributed by atoms with van der Waals surface area (Å²) in [6.07, 6.45) is -1.86. The van der Waals surface area contributed by atoms with Crippen LogP contribution in [-0.4, -0.2) is 29.8 Å². The maximum absolute atomic E-state index is 11.3. The van der Waals surface area contributed by atoms with Crippen LogP contribution in [0, 0.1) is 0 Å². The van der Waals surface area contributed by atoms with E-state index in [1.165, 1.54) is 5.56 Å². The van der Waals surface area contributed by atoms with Gasteiger partial charge in [-0.3, -0.25) is 4.79 Å². The lowest BCUT2D eigenvalue weighted by molar-refractivity contribution is -0.192. The Kier molecular flexibility index (Phi) is 9.47. The molecule has 0 fully saturated rings. The molecule has 0 saturated carbocycles. The number of amides is 1. The van der Waals surface area contributed by atoms with Crippen molar-refractivity contribution in [3.05, 3.63) is 90.0 Å². The predicted octanol–water partition coefficient (Wildman–Crippen LogP) is 5.49. The van der Waals surface area contributed by atoms with Crippen molar-refractivity contribution in [2.45, 2.75) is 25.4 Å². The number of ether oxygens (including phenoxy) is 1. The van der Waals surface area contributed by atoms with Gasteiger partial charge in [-0.2, -0.15) is 13.2 Å². The monoisotopic (exact) mass is 459 g/mol. The molecule has 0 spiro atoms. The van der Waals surface area contributed by atoms with Crippen LogP contribution in [0.25, 0.3) is 11.1 Å². The summed E-state index contributed by atoms with van der Waals surface area (Å²) in [4.78, 5) is 20.2. The molecule has 0 aromatic heterocycles. The van der Waals surface area contributed by atoms with E-state index in [-0.39, 0.29) is 0 Å². The third-order valence-electron chi connectivity index (χ3n) is 4.55. The quantitative estimate of drug-likeness (QED) is 0.436. The molecule has 0 unspecified atom stereocenters. The van der Waals surface area contributed by atoms with Crippen molar-refractivity contribution in [3.8, 4) is 16.9 Å². The fourth-order valence-corrected chi connectivity index (χ4v) is 2.86. The first-order chi connectivity index (χ1) is 15.7. The summed E-state index contributed by atoms with van der Waals surface area (Å²) in [5.41, 5.74) is 9.23. The van der Waals surface area contributed by atoms with Gasteiger partial charge in [-0.15, -0.1) is 0 Å². The van der Waals surface area contributed by atoms with E-state index in [2.05, 4.69) is 24.3 Å². The van der Waals surface area contributed by atoms with E-state index in [0.717, 1.165) is 36.1 Å². The van der Waals surface area contributed by atoms with Gasteiger partial charge in [-0.25, -0.2) is 4.79 Å². The first-order valence-electron chi connectivity index (χ1n) is 10.1. The Morgan fingerprint density at radius 3 is 2.06 bits per heavy atom. The van der Waals surface area contributed by atoms with E-state index in [4.69, 9.17) is 20.4 Å². The highest BCUT2D eigenvalue weighted by atomic mass is 19.4. The molecule has 174 valence electrons. The zero-order valence-corrected chi connectivity index (χ0v) is 17.7. The fourth-order valence-electron chi connectivity index (χ4n) is 2.86. The van der Waals surface area contributed by atoms with Gasteiger partial charge >= 0.3 is 12.1 Å². The lowest BCUT2D eigenvalue weighted by atomic mass is 10.0. The standard InChI is InChI=1S/C23H23NO2.C2HF3O2/c24-23(25)21-11-6-10-20(17-21)19-12-14-22(15-13-19)26-16-5-4-9-18-7-2-1-3-8-18;3-2(4,5)1(6)7/h1-3,6-8,10-15,17H,4-5,9,16H2,(H2,24,25);(H,6,7). The molecule has 3 aromatic rings. The van der Waals surface area contributed by atoms with Crippen molar-refractivity contribution >= 4 is 11.9 Å². The summed E-state index contributed by atoms with van der Waals surface area (Å²) < 4.78 is 37.6. The van der Waals surface area contributed by atoms with Crippen LogP contribution in [0.3, 0.4) is 0 Å². The van der Waals surface area contributed by atoms with Crippen LogP contribution in [-0.2, 0) is 11.2 Å². The second-order valence-corrected chi connectivity index (χ2v) is 7.06. The zero-order chi connectivity index (χ0) is 24.3. The van der Waals surface area contributed by atoms with Crippen LogP contribution >= 0.6 is 0 Å². The van der Waals surface area contributed by atoms with Crippen molar-refractivity contribution in [3.63, 3.8) is 0 Å². The molecule has 0 heterocycles. The number of aryl methyl sites for hydroxylation is 1. The Hall–Kier alpha value is -3.81. The number of carboxylic acids is 1. The van der Waals surface area contributed by atoms with Gasteiger partial charge < -0.3 is 15.6 Å². The van der Waals surface area contributed by atoms with Crippen molar-refractivity contribution in [1.82, 2.24) is 0 Å². The molecular weight excluding hydrogens is 435 g/mol. The van der Waals surface area contributed by atoms with Crippen molar-refractivity contribution < 1.29 is 32.6 Å². The molecule has 0 aliphatic heterocycles. The number of carboxylic acid groups (broad SMARTS) is 1. The molecule has 0 saturated heterocycles. The van der Waals surface area contributed by atoms with Gasteiger partial charge in [0.25, 0.3) is 0 Å². The minimum atomic E-state index is -5.08. The van der Waals surface area contributed by atoms with E-state index >= 15 is 0 Å². The maximum atomic E-state index is 11.3. The van der Waals surface area contributed by atoms with Gasteiger partial charge in [0.15, 0.2) is 0 Å². The first-order valence-corrected chi connectivity index (χ1v) is 10.1. The van der Waals surface area contributed by atoms with Crippen molar-refractivity contribution in [2.75, 3.05) is 6.61 Å². The third kappa shape index (κ3) is 9.06. The van der Waals surface area contributed by atoms with Gasteiger partial charge in [0.05, 0.1) is 6.61 Å². The Labute approximate surface area is 189 Å². The third-order valence-corrected chi connectivity index (χ3v) is 4.55. The van der Waals surface area contributed by atoms with E-state index < -0.39 is 18.1 Å². The van der Waals surface area contributed by atoms with Gasteiger partial charge in [-0.05, 0) is 60.2 Å². The van der Waals surface area contributed by atoms with Gasteiger partial charge in [-0.1, -0.05) is 54.6 Å². The molecule has 0 aliphatic carbocycles. The van der Waals surface area contributed by atoms with Gasteiger partial charge in [0.2, 0.25) is 5.91 Å². The van der Waals surface area contributed by atoms with Crippen LogP contribution in [0.1, 0.15) is 28.8 Å². The average molecular weight is 459 g/mol. The number of hydrogen-bond acceptors (Lipinski definition) is 3. The van der Waals surface area contributed by atoms with Gasteiger partial charge in [0, 0.05) is 5.56 Å². The van der Waals surface area contributed by atoms with Crippen LogP contribution in [0.15, 0.2) is 78.9 Å². The minimum absolute atomic E-state index is 0.415. The summed E-state index contributed by atoms with van der Waals surface area (Å²) in [5.74, 6) is -2.31. The number of halogens is 3. The summed E-state index contributed by atoms with van der Waals surface area (Å²) in [6, 6.07) is 25.8. The van der Waals surface area contributed by atoms with Crippen LogP contribution in [0.4, 0.5) is 13.2 Å². The number of hydrogen-bond donors (Lipinski definition) is 2. The van der Waals surface area contributed by atoms with Crippen LogP contribution in [0.5, 0.6) is 5.75 Å². The Morgan fingerprint density at radius 1 is 0.848 bits per heavy atom. The van der Waals surface area contributed by atoms with Crippen LogP contribution < -0.4 is 10.5 Å². The first kappa shape index (κ1) is 25.5.